The molecule has 0 radical (unpaired) electrons. The van der Waals surface area contributed by atoms with Crippen molar-refractivity contribution in [3.63, 3.8) is 0 Å². The summed E-state index contributed by atoms with van der Waals surface area (Å²) in [6.45, 7) is 2.73. The van der Waals surface area contributed by atoms with E-state index < -0.39 is 16.1 Å². The number of carbonyl (C=O) groups is 1. The van der Waals surface area contributed by atoms with Crippen molar-refractivity contribution in [1.82, 2.24) is 19.1 Å². The third kappa shape index (κ3) is 4.37. The van der Waals surface area contributed by atoms with Crippen LogP contribution < -0.4 is 5.32 Å². The van der Waals surface area contributed by atoms with Gasteiger partial charge in [0.25, 0.3) is 0 Å². The Labute approximate surface area is 200 Å². The number of carbonyl (C=O) groups excluding carboxylic acids is 1. The second kappa shape index (κ2) is 9.31. The van der Waals surface area contributed by atoms with Crippen LogP contribution in [0.25, 0.3) is 11.4 Å². The minimum Gasteiger partial charge on any atom is -0.325 e. The molecule has 9 heteroatoms. The fourth-order valence-corrected chi connectivity index (χ4v) is 6.03. The molecule has 0 spiro atoms. The second-order valence-corrected chi connectivity index (χ2v) is 11.1. The molecule has 0 fully saturated rings. The van der Waals surface area contributed by atoms with Gasteiger partial charge in [-0.05, 0) is 61.6 Å². The van der Waals surface area contributed by atoms with Crippen molar-refractivity contribution >= 4 is 21.6 Å². The summed E-state index contributed by atoms with van der Waals surface area (Å²) >= 11 is 0. The lowest BCUT2D eigenvalue weighted by molar-refractivity contribution is -0.120. The molecule has 34 heavy (non-hydrogen) atoms. The van der Waals surface area contributed by atoms with Gasteiger partial charge in [0.1, 0.15) is 11.9 Å². The van der Waals surface area contributed by atoms with Crippen molar-refractivity contribution in [2.75, 3.05) is 11.1 Å². The van der Waals surface area contributed by atoms with Crippen LogP contribution in [-0.4, -0.2) is 45.2 Å². The number of fused-ring (bicyclic) bond motifs is 2. The van der Waals surface area contributed by atoms with E-state index in [1.807, 2.05) is 48.5 Å². The van der Waals surface area contributed by atoms with E-state index in [2.05, 4.69) is 20.1 Å². The van der Waals surface area contributed by atoms with Gasteiger partial charge in [-0.25, -0.2) is 8.42 Å². The maximum Gasteiger partial charge on any atom is 0.243 e. The molecule has 1 amide bonds. The SMILES string of the molecule is CCS(=O)(=O)N1Cc2ccccc2C[C@H]1C(=O)Nc1ccc(-c2nnc3n2CCCCC3)cc1. The Morgan fingerprint density at radius 1 is 1.03 bits per heavy atom. The van der Waals surface area contributed by atoms with E-state index in [-0.39, 0.29) is 18.2 Å². The maximum absolute atomic E-state index is 13.2. The van der Waals surface area contributed by atoms with Crippen molar-refractivity contribution in [2.24, 2.45) is 0 Å². The highest BCUT2D eigenvalue weighted by Crippen LogP contribution is 2.28. The summed E-state index contributed by atoms with van der Waals surface area (Å²) in [5, 5.41) is 11.7. The lowest BCUT2D eigenvalue weighted by Gasteiger charge is -2.34. The Kier molecular flexibility index (Phi) is 6.22. The third-order valence-corrected chi connectivity index (χ3v) is 8.58. The lowest BCUT2D eigenvalue weighted by Crippen LogP contribution is -2.51. The normalized spacial score (nSPS) is 18.6. The highest BCUT2D eigenvalue weighted by molar-refractivity contribution is 7.89. The molecule has 0 unspecified atom stereocenters. The largest absolute Gasteiger partial charge is 0.325 e. The predicted molar refractivity (Wildman–Crippen MR) is 131 cm³/mol. The molecule has 2 aliphatic rings. The number of aromatic nitrogens is 3. The summed E-state index contributed by atoms with van der Waals surface area (Å²) in [6, 6.07) is 14.4. The molecule has 2 aromatic carbocycles. The standard InChI is InChI=1S/C25H29N5O3S/c1-2-34(32,33)30-17-20-9-6-5-8-19(20)16-22(30)25(31)26-21-13-11-18(12-14-21)24-28-27-23-10-4-3-7-15-29(23)24/h5-6,8-9,11-14,22H,2-4,7,10,15-17H2,1H3,(H,26,31)/t22-/m0/s1. The van der Waals surface area contributed by atoms with Gasteiger partial charge in [-0.1, -0.05) is 30.7 Å². The Hall–Kier alpha value is -3.04. The van der Waals surface area contributed by atoms with Gasteiger partial charge < -0.3 is 9.88 Å². The molecule has 5 rings (SSSR count). The smallest absolute Gasteiger partial charge is 0.243 e. The fourth-order valence-electron chi connectivity index (χ4n) is 4.81. The van der Waals surface area contributed by atoms with E-state index in [9.17, 15) is 13.2 Å². The van der Waals surface area contributed by atoms with Crippen molar-refractivity contribution in [3.05, 3.63) is 65.5 Å². The maximum atomic E-state index is 13.2. The van der Waals surface area contributed by atoms with Gasteiger partial charge in [-0.2, -0.15) is 4.31 Å². The third-order valence-electron chi connectivity index (χ3n) is 6.75. The van der Waals surface area contributed by atoms with E-state index in [0.717, 1.165) is 54.1 Å². The zero-order valence-corrected chi connectivity index (χ0v) is 20.1. The number of rotatable bonds is 5. The van der Waals surface area contributed by atoms with Crippen LogP contribution in [0.5, 0.6) is 0 Å². The Morgan fingerprint density at radius 2 is 1.79 bits per heavy atom. The zero-order valence-electron chi connectivity index (χ0n) is 19.3. The highest BCUT2D eigenvalue weighted by atomic mass is 32.2. The fraction of sp³-hybridized carbons (Fsp3) is 0.400. The first-order valence-electron chi connectivity index (χ1n) is 11.9. The molecule has 1 aromatic heterocycles. The van der Waals surface area contributed by atoms with Gasteiger partial charge in [0.2, 0.25) is 15.9 Å². The monoisotopic (exact) mass is 479 g/mol. The topological polar surface area (TPSA) is 97.2 Å². The minimum atomic E-state index is -3.54. The molecule has 1 atom stereocenters. The molecule has 178 valence electrons. The summed E-state index contributed by atoms with van der Waals surface area (Å²) < 4.78 is 29.1. The number of benzene rings is 2. The number of nitrogens with one attached hydrogen (secondary N) is 1. The summed E-state index contributed by atoms with van der Waals surface area (Å²) in [6.07, 6.45) is 4.76. The van der Waals surface area contributed by atoms with Gasteiger partial charge in [-0.15, -0.1) is 10.2 Å². The number of aryl methyl sites for hydroxylation is 1. The average molecular weight is 480 g/mol. The zero-order chi connectivity index (χ0) is 23.7. The van der Waals surface area contributed by atoms with Crippen molar-refractivity contribution in [3.8, 4) is 11.4 Å². The van der Waals surface area contributed by atoms with E-state index in [1.54, 1.807) is 6.92 Å². The van der Waals surface area contributed by atoms with Crippen LogP contribution in [0.3, 0.4) is 0 Å². The molecular weight excluding hydrogens is 450 g/mol. The first kappa shape index (κ1) is 22.7. The number of anilines is 1. The van der Waals surface area contributed by atoms with E-state index in [1.165, 1.54) is 10.7 Å². The number of amides is 1. The van der Waals surface area contributed by atoms with Crippen LogP contribution in [0, 0.1) is 0 Å². The quantitative estimate of drug-likeness (QED) is 0.605. The van der Waals surface area contributed by atoms with Crippen LogP contribution in [0.15, 0.2) is 48.5 Å². The van der Waals surface area contributed by atoms with Crippen LogP contribution in [0.2, 0.25) is 0 Å². The van der Waals surface area contributed by atoms with E-state index in [4.69, 9.17) is 0 Å². The van der Waals surface area contributed by atoms with Gasteiger partial charge in [0, 0.05) is 30.8 Å². The Bertz CT molecular complexity index is 1300. The molecule has 3 aromatic rings. The van der Waals surface area contributed by atoms with Gasteiger partial charge in [0.05, 0.1) is 5.75 Å². The molecule has 1 N–H and O–H groups in total. The van der Waals surface area contributed by atoms with Gasteiger partial charge in [0.15, 0.2) is 5.82 Å². The highest BCUT2D eigenvalue weighted by Gasteiger charge is 2.38. The van der Waals surface area contributed by atoms with Crippen LogP contribution in [0.4, 0.5) is 5.69 Å². The van der Waals surface area contributed by atoms with Gasteiger partial charge >= 0.3 is 0 Å². The molecule has 0 aliphatic carbocycles. The van der Waals surface area contributed by atoms with E-state index >= 15 is 0 Å². The lowest BCUT2D eigenvalue weighted by atomic mass is 9.95. The first-order chi connectivity index (χ1) is 16.5. The molecule has 3 heterocycles. The number of sulfonamides is 1. The average Bonchev–Trinajstić information content (AvgIpc) is 3.11. The number of hydrogen-bond donors (Lipinski definition) is 1. The molecule has 2 aliphatic heterocycles. The minimum absolute atomic E-state index is 0.0453. The molecule has 0 bridgehead atoms. The Morgan fingerprint density at radius 3 is 2.56 bits per heavy atom. The predicted octanol–water partition coefficient (Wildman–Crippen LogP) is 3.39. The van der Waals surface area contributed by atoms with Crippen molar-refractivity contribution in [2.45, 2.75) is 58.2 Å². The summed E-state index contributed by atoms with van der Waals surface area (Å²) in [5.41, 5.74) is 3.52. The van der Waals surface area contributed by atoms with Crippen molar-refractivity contribution < 1.29 is 13.2 Å². The number of nitrogens with zero attached hydrogens (tertiary/aromatic N) is 4. The number of hydrogen-bond acceptors (Lipinski definition) is 5. The summed E-state index contributed by atoms with van der Waals surface area (Å²) in [4.78, 5) is 13.2. The first-order valence-corrected chi connectivity index (χ1v) is 13.5. The van der Waals surface area contributed by atoms with E-state index in [0.29, 0.717) is 12.1 Å². The Balaban J connectivity index is 1.36. The molecule has 0 saturated heterocycles. The van der Waals surface area contributed by atoms with Crippen LogP contribution in [-0.2, 0) is 40.7 Å². The summed E-state index contributed by atoms with van der Waals surface area (Å²) in [7, 11) is -3.54. The molecule has 8 nitrogen and oxygen atoms in total. The van der Waals surface area contributed by atoms with Crippen LogP contribution in [0.1, 0.15) is 43.1 Å². The molecule has 0 saturated carbocycles. The second-order valence-electron chi connectivity index (χ2n) is 8.90. The van der Waals surface area contributed by atoms with Crippen molar-refractivity contribution in [1.29, 1.82) is 0 Å². The van der Waals surface area contributed by atoms with Crippen LogP contribution >= 0.6 is 0 Å². The molecular formula is C25H29N5O3S. The van der Waals surface area contributed by atoms with Gasteiger partial charge in [-0.3, -0.25) is 4.79 Å². The summed E-state index contributed by atoms with van der Waals surface area (Å²) in [5.74, 6) is 1.50.